The van der Waals surface area contributed by atoms with Crippen molar-refractivity contribution in [3.8, 4) is 0 Å². The number of methoxy groups -OCH3 is 1. The highest BCUT2D eigenvalue weighted by Gasteiger charge is 2.26. The fraction of sp³-hybridized carbons (Fsp3) is 0.857. The van der Waals surface area contributed by atoms with Crippen LogP contribution in [0.5, 0.6) is 0 Å². The van der Waals surface area contributed by atoms with Gasteiger partial charge in [-0.2, -0.15) is 11.8 Å². The molecule has 64 valence electrons. The van der Waals surface area contributed by atoms with Gasteiger partial charge >= 0.3 is 0 Å². The lowest BCUT2D eigenvalue weighted by atomic mass is 10.3. The van der Waals surface area contributed by atoms with Gasteiger partial charge < -0.3 is 4.74 Å². The average Bonchev–Trinajstić information content (AvgIpc) is 2.04. The van der Waals surface area contributed by atoms with Crippen LogP contribution in [0.4, 0.5) is 0 Å². The Bertz CT molecular complexity index is 151. The van der Waals surface area contributed by atoms with Crippen LogP contribution in [-0.2, 0) is 4.74 Å². The van der Waals surface area contributed by atoms with Crippen LogP contribution in [-0.4, -0.2) is 35.0 Å². The molecule has 0 aromatic rings. The van der Waals surface area contributed by atoms with Gasteiger partial charge in [0.1, 0.15) is 0 Å². The summed E-state index contributed by atoms with van der Waals surface area (Å²) in [7, 11) is 1.58. The molecule has 0 aromatic carbocycles. The van der Waals surface area contributed by atoms with Crippen molar-refractivity contribution in [3.05, 3.63) is 0 Å². The van der Waals surface area contributed by atoms with Gasteiger partial charge in [-0.25, -0.2) is 0 Å². The molecule has 2 nitrogen and oxygen atoms in total. The summed E-state index contributed by atoms with van der Waals surface area (Å²) in [6, 6.07) is 0. The Morgan fingerprint density at radius 2 is 2.09 bits per heavy atom. The molecule has 0 aromatic heterocycles. The molecule has 0 saturated carbocycles. The van der Waals surface area contributed by atoms with Gasteiger partial charge in [-0.1, -0.05) is 6.92 Å². The number of rotatable bonds is 1. The number of hydrogen-bond acceptors (Lipinski definition) is 4. The molecule has 1 fully saturated rings. The van der Waals surface area contributed by atoms with Gasteiger partial charge in [0.15, 0.2) is 5.90 Å². The molecule has 4 heteroatoms. The van der Waals surface area contributed by atoms with E-state index in [0.717, 1.165) is 5.75 Å². The van der Waals surface area contributed by atoms with Crippen molar-refractivity contribution in [2.24, 2.45) is 0 Å². The standard InChI is InChI=1S/C7H13NOS2/c1-5-6(7(8)9-2)11-4-3-10-5/h5-6,8H,3-4H2,1-2H3. The lowest BCUT2D eigenvalue weighted by Crippen LogP contribution is -2.31. The van der Waals surface area contributed by atoms with Gasteiger partial charge in [0, 0.05) is 16.8 Å². The molecule has 0 spiro atoms. The molecule has 1 N–H and O–H groups in total. The minimum Gasteiger partial charge on any atom is -0.484 e. The molecule has 1 aliphatic rings. The van der Waals surface area contributed by atoms with E-state index in [9.17, 15) is 0 Å². The highest BCUT2D eigenvalue weighted by atomic mass is 32.2. The predicted octanol–water partition coefficient (Wildman–Crippen LogP) is 1.85. The van der Waals surface area contributed by atoms with Crippen molar-refractivity contribution in [2.75, 3.05) is 18.6 Å². The van der Waals surface area contributed by atoms with Crippen LogP contribution >= 0.6 is 23.5 Å². The molecule has 0 amide bonds. The maximum absolute atomic E-state index is 7.51. The average molecular weight is 191 g/mol. The first kappa shape index (κ1) is 9.26. The van der Waals surface area contributed by atoms with Crippen molar-refractivity contribution in [1.29, 1.82) is 5.41 Å². The zero-order valence-corrected chi connectivity index (χ0v) is 8.43. The van der Waals surface area contributed by atoms with Crippen LogP contribution < -0.4 is 0 Å². The Labute approximate surface area is 76.0 Å². The monoisotopic (exact) mass is 191 g/mol. The largest absolute Gasteiger partial charge is 0.484 e. The molecule has 2 atom stereocenters. The second-order valence-electron chi connectivity index (χ2n) is 2.44. The molecule has 1 aliphatic heterocycles. The maximum atomic E-state index is 7.51. The van der Waals surface area contributed by atoms with Crippen LogP contribution in [0, 0.1) is 5.41 Å². The van der Waals surface area contributed by atoms with Gasteiger partial charge in [0.05, 0.1) is 12.4 Å². The van der Waals surface area contributed by atoms with Crippen LogP contribution in [0.25, 0.3) is 0 Å². The van der Waals surface area contributed by atoms with E-state index in [0.29, 0.717) is 11.1 Å². The second kappa shape index (κ2) is 4.26. The van der Waals surface area contributed by atoms with E-state index in [1.165, 1.54) is 5.75 Å². The summed E-state index contributed by atoms with van der Waals surface area (Å²) in [5, 5.41) is 8.31. The summed E-state index contributed by atoms with van der Waals surface area (Å²) in [5.41, 5.74) is 0. The van der Waals surface area contributed by atoms with Gasteiger partial charge in [-0.15, -0.1) is 11.8 Å². The Morgan fingerprint density at radius 1 is 1.45 bits per heavy atom. The van der Waals surface area contributed by atoms with E-state index < -0.39 is 0 Å². The maximum Gasteiger partial charge on any atom is 0.194 e. The Morgan fingerprint density at radius 3 is 2.64 bits per heavy atom. The Kier molecular flexibility index (Phi) is 3.59. The summed E-state index contributed by atoms with van der Waals surface area (Å²) in [4.78, 5) is 0. The van der Waals surface area contributed by atoms with Crippen molar-refractivity contribution >= 4 is 29.4 Å². The minimum absolute atomic E-state index is 0.277. The van der Waals surface area contributed by atoms with Crippen LogP contribution in [0.3, 0.4) is 0 Å². The molecule has 0 bridgehead atoms. The molecule has 0 radical (unpaired) electrons. The zero-order valence-electron chi connectivity index (χ0n) is 6.79. The summed E-state index contributed by atoms with van der Waals surface area (Å²) in [6.07, 6.45) is 0. The summed E-state index contributed by atoms with van der Waals surface area (Å²) >= 11 is 3.76. The van der Waals surface area contributed by atoms with Crippen molar-refractivity contribution in [3.63, 3.8) is 0 Å². The number of ether oxygens (including phenoxy) is 1. The summed E-state index contributed by atoms with van der Waals surface area (Å²) in [5.74, 6) is 2.78. The van der Waals surface area contributed by atoms with Crippen molar-refractivity contribution in [1.82, 2.24) is 0 Å². The van der Waals surface area contributed by atoms with Crippen LogP contribution in [0.15, 0.2) is 0 Å². The first-order valence-corrected chi connectivity index (χ1v) is 5.71. The smallest absolute Gasteiger partial charge is 0.194 e. The van der Waals surface area contributed by atoms with E-state index in [1.54, 1.807) is 7.11 Å². The van der Waals surface area contributed by atoms with E-state index in [2.05, 4.69) is 6.92 Å². The van der Waals surface area contributed by atoms with E-state index >= 15 is 0 Å². The predicted molar refractivity (Wildman–Crippen MR) is 52.9 cm³/mol. The molecule has 1 heterocycles. The molecule has 0 aliphatic carbocycles. The third kappa shape index (κ3) is 2.30. The zero-order chi connectivity index (χ0) is 8.27. The Balaban J connectivity index is 2.47. The minimum atomic E-state index is 0.277. The fourth-order valence-corrected chi connectivity index (χ4v) is 3.72. The van der Waals surface area contributed by atoms with E-state index in [1.807, 2.05) is 23.5 Å². The first-order chi connectivity index (χ1) is 5.25. The fourth-order valence-electron chi connectivity index (χ4n) is 1.04. The van der Waals surface area contributed by atoms with Gasteiger partial charge in [-0.05, 0) is 0 Å². The van der Waals surface area contributed by atoms with Crippen molar-refractivity contribution < 1.29 is 4.74 Å². The van der Waals surface area contributed by atoms with E-state index in [4.69, 9.17) is 10.1 Å². The normalized spacial score (nSPS) is 31.5. The van der Waals surface area contributed by atoms with Crippen molar-refractivity contribution in [2.45, 2.75) is 17.4 Å². The number of nitrogens with one attached hydrogen (secondary N) is 1. The van der Waals surface area contributed by atoms with Crippen LogP contribution in [0.2, 0.25) is 0 Å². The molecule has 1 saturated heterocycles. The molecule has 1 rings (SSSR count). The third-order valence-electron chi connectivity index (χ3n) is 1.67. The second-order valence-corrected chi connectivity index (χ2v) is 5.17. The van der Waals surface area contributed by atoms with E-state index in [-0.39, 0.29) is 5.25 Å². The number of thioether (sulfide) groups is 2. The first-order valence-electron chi connectivity index (χ1n) is 3.61. The van der Waals surface area contributed by atoms with Crippen LogP contribution in [0.1, 0.15) is 6.92 Å². The van der Waals surface area contributed by atoms with Gasteiger partial charge in [-0.3, -0.25) is 5.41 Å². The molecule has 2 unspecified atom stereocenters. The topological polar surface area (TPSA) is 33.1 Å². The Hall–Kier alpha value is 0.170. The highest BCUT2D eigenvalue weighted by molar-refractivity contribution is 8.07. The van der Waals surface area contributed by atoms with Gasteiger partial charge in [0.25, 0.3) is 0 Å². The number of hydrogen-bond donors (Lipinski definition) is 1. The highest BCUT2D eigenvalue weighted by Crippen LogP contribution is 2.31. The lowest BCUT2D eigenvalue weighted by molar-refractivity contribution is 0.388. The lowest BCUT2D eigenvalue weighted by Gasteiger charge is -2.26. The quantitative estimate of drug-likeness (QED) is 0.507. The summed E-state index contributed by atoms with van der Waals surface area (Å²) in [6.45, 7) is 2.16. The molecular weight excluding hydrogens is 178 g/mol. The van der Waals surface area contributed by atoms with Gasteiger partial charge in [0.2, 0.25) is 0 Å². The summed E-state index contributed by atoms with van der Waals surface area (Å²) < 4.78 is 4.91. The molecular formula is C7H13NOS2. The molecule has 11 heavy (non-hydrogen) atoms. The SMILES string of the molecule is COC(=N)C1SCCSC1C. The third-order valence-corrected chi connectivity index (χ3v) is 4.76.